The summed E-state index contributed by atoms with van der Waals surface area (Å²) in [5.74, 6) is 0.273. The van der Waals surface area contributed by atoms with Crippen LogP contribution in [0.3, 0.4) is 0 Å². The number of aromatic nitrogens is 3. The summed E-state index contributed by atoms with van der Waals surface area (Å²) in [6.45, 7) is 1.70. The average molecular weight is 502 g/mol. The molecule has 1 aliphatic rings. The number of halogens is 2. The molecule has 1 atom stereocenters. The van der Waals surface area contributed by atoms with Crippen LogP contribution in [0.4, 0.5) is 15.0 Å². The second-order valence-electron chi connectivity index (χ2n) is 8.54. The number of benzene rings is 2. The van der Waals surface area contributed by atoms with Gasteiger partial charge in [0, 0.05) is 16.1 Å². The minimum atomic E-state index is -0.775. The van der Waals surface area contributed by atoms with E-state index in [1.54, 1.807) is 55.5 Å². The molecule has 7 nitrogen and oxygen atoms in total. The van der Waals surface area contributed by atoms with Gasteiger partial charge in [-0.25, -0.2) is 13.9 Å². The average Bonchev–Trinajstić information content (AvgIpc) is 3.65. The number of carbonyl (C=O) groups excluding carboxylic acids is 1. The summed E-state index contributed by atoms with van der Waals surface area (Å²) >= 11 is 6.19. The summed E-state index contributed by atoms with van der Waals surface area (Å²) in [6.07, 6.45) is 3.63. The summed E-state index contributed by atoms with van der Waals surface area (Å²) in [5.41, 5.74) is 3.15. The van der Waals surface area contributed by atoms with Crippen molar-refractivity contribution in [1.82, 2.24) is 14.8 Å². The molecule has 1 saturated carbocycles. The monoisotopic (exact) mass is 501 g/mol. The Kier molecular flexibility index (Phi) is 6.40. The Hall–Kier alpha value is -4.22. The maximum absolute atomic E-state index is 14.7. The van der Waals surface area contributed by atoms with E-state index < -0.39 is 12.2 Å². The van der Waals surface area contributed by atoms with Crippen LogP contribution in [0.1, 0.15) is 48.5 Å². The van der Waals surface area contributed by atoms with Crippen LogP contribution < -0.4 is 5.32 Å². The number of rotatable bonds is 6. The fourth-order valence-corrected chi connectivity index (χ4v) is 4.27. The highest BCUT2D eigenvalue weighted by atomic mass is 35.5. The third-order valence-electron chi connectivity index (χ3n) is 6.05. The zero-order chi connectivity index (χ0) is 25.2. The summed E-state index contributed by atoms with van der Waals surface area (Å²) in [4.78, 5) is 17.0. The van der Waals surface area contributed by atoms with Gasteiger partial charge in [-0.2, -0.15) is 10.4 Å². The first-order valence-electron chi connectivity index (χ1n) is 11.4. The van der Waals surface area contributed by atoms with E-state index in [4.69, 9.17) is 16.3 Å². The Bertz CT molecular complexity index is 1470. The van der Waals surface area contributed by atoms with Crippen molar-refractivity contribution in [3.63, 3.8) is 0 Å². The molecule has 1 unspecified atom stereocenters. The van der Waals surface area contributed by atoms with Gasteiger partial charge in [0.1, 0.15) is 23.6 Å². The van der Waals surface area contributed by atoms with Gasteiger partial charge in [0.2, 0.25) is 0 Å². The fraction of sp³-hybridized carbons (Fsp3) is 0.185. The highest BCUT2D eigenvalue weighted by molar-refractivity contribution is 6.31. The Morgan fingerprint density at radius 2 is 2.03 bits per heavy atom. The molecule has 0 bridgehead atoms. The molecule has 5 rings (SSSR count). The van der Waals surface area contributed by atoms with E-state index in [1.807, 2.05) is 12.1 Å². The molecule has 2 heterocycles. The van der Waals surface area contributed by atoms with Gasteiger partial charge in [0.25, 0.3) is 0 Å². The molecule has 0 spiro atoms. The van der Waals surface area contributed by atoms with Crippen LogP contribution in [-0.2, 0) is 4.74 Å². The van der Waals surface area contributed by atoms with Crippen LogP contribution in [0.15, 0.2) is 67.0 Å². The maximum atomic E-state index is 14.7. The molecule has 2 aromatic heterocycles. The number of amides is 1. The molecule has 0 saturated heterocycles. The van der Waals surface area contributed by atoms with Crippen molar-refractivity contribution in [3.05, 3.63) is 94.5 Å². The van der Waals surface area contributed by atoms with Gasteiger partial charge in [-0.1, -0.05) is 35.9 Å². The number of anilines is 1. The SMILES string of the molecule is CC(OC(=O)Nc1c(C#N)cnn1-c1ccc(-c2ccc(C3CC3)cc2F)nc1)c1ccccc1Cl. The molecule has 1 amide bonds. The minimum absolute atomic E-state index is 0.128. The van der Waals surface area contributed by atoms with Crippen molar-refractivity contribution in [1.29, 1.82) is 5.26 Å². The van der Waals surface area contributed by atoms with E-state index in [1.165, 1.54) is 17.1 Å². The molecular formula is C27H21ClFN5O2. The normalized spacial score (nSPS) is 13.6. The second-order valence-corrected chi connectivity index (χ2v) is 8.95. The molecule has 1 N–H and O–H groups in total. The highest BCUT2D eigenvalue weighted by Crippen LogP contribution is 2.41. The lowest BCUT2D eigenvalue weighted by molar-refractivity contribution is 0.121. The van der Waals surface area contributed by atoms with Gasteiger partial charge in [0.05, 0.1) is 23.8 Å². The predicted octanol–water partition coefficient (Wildman–Crippen LogP) is 6.79. The number of nitriles is 1. The summed E-state index contributed by atoms with van der Waals surface area (Å²) in [6, 6.07) is 17.7. The third kappa shape index (κ3) is 4.79. The van der Waals surface area contributed by atoms with Crippen LogP contribution in [0.2, 0.25) is 5.02 Å². The smallest absolute Gasteiger partial charge is 0.413 e. The van der Waals surface area contributed by atoms with Crippen LogP contribution in [0, 0.1) is 17.1 Å². The molecule has 36 heavy (non-hydrogen) atoms. The van der Waals surface area contributed by atoms with Gasteiger partial charge in [-0.15, -0.1) is 0 Å². The van der Waals surface area contributed by atoms with E-state index in [-0.39, 0.29) is 17.2 Å². The molecule has 0 radical (unpaired) electrons. The summed E-state index contributed by atoms with van der Waals surface area (Å²) in [5, 5.41) is 16.8. The predicted molar refractivity (Wildman–Crippen MR) is 133 cm³/mol. The largest absolute Gasteiger partial charge is 0.441 e. The Morgan fingerprint density at radius 3 is 2.69 bits per heavy atom. The zero-order valence-corrected chi connectivity index (χ0v) is 20.0. The van der Waals surface area contributed by atoms with Gasteiger partial charge >= 0.3 is 6.09 Å². The summed E-state index contributed by atoms with van der Waals surface area (Å²) in [7, 11) is 0. The number of carbonyl (C=O) groups is 1. The van der Waals surface area contributed by atoms with Crippen LogP contribution in [0.5, 0.6) is 0 Å². The quantitative estimate of drug-likeness (QED) is 0.314. The van der Waals surface area contributed by atoms with Crippen molar-refractivity contribution in [2.24, 2.45) is 0 Å². The lowest BCUT2D eigenvalue weighted by Gasteiger charge is -2.16. The topological polar surface area (TPSA) is 92.8 Å². The lowest BCUT2D eigenvalue weighted by Crippen LogP contribution is -2.19. The first-order chi connectivity index (χ1) is 17.4. The number of ether oxygens (including phenoxy) is 1. The Balaban J connectivity index is 1.36. The lowest BCUT2D eigenvalue weighted by atomic mass is 10.0. The zero-order valence-electron chi connectivity index (χ0n) is 19.3. The van der Waals surface area contributed by atoms with E-state index >= 15 is 0 Å². The van der Waals surface area contributed by atoms with Gasteiger partial charge in [0.15, 0.2) is 5.82 Å². The van der Waals surface area contributed by atoms with Crippen molar-refractivity contribution in [3.8, 4) is 23.0 Å². The molecule has 1 aliphatic carbocycles. The molecule has 2 aromatic carbocycles. The number of nitrogens with one attached hydrogen (secondary N) is 1. The fourth-order valence-electron chi connectivity index (χ4n) is 3.98. The van der Waals surface area contributed by atoms with E-state index in [0.29, 0.717) is 33.4 Å². The van der Waals surface area contributed by atoms with Gasteiger partial charge in [-0.3, -0.25) is 10.3 Å². The third-order valence-corrected chi connectivity index (χ3v) is 6.39. The molecule has 0 aliphatic heterocycles. The van der Waals surface area contributed by atoms with Crippen molar-refractivity contribution >= 4 is 23.5 Å². The van der Waals surface area contributed by atoms with Crippen molar-refractivity contribution < 1.29 is 13.9 Å². The highest BCUT2D eigenvalue weighted by Gasteiger charge is 2.24. The minimum Gasteiger partial charge on any atom is -0.441 e. The first-order valence-corrected chi connectivity index (χ1v) is 11.8. The molecule has 1 fully saturated rings. The van der Waals surface area contributed by atoms with Gasteiger partial charge in [-0.05, 0) is 61.6 Å². The molecular weight excluding hydrogens is 481 g/mol. The van der Waals surface area contributed by atoms with E-state index in [0.717, 1.165) is 18.4 Å². The van der Waals surface area contributed by atoms with Crippen molar-refractivity contribution in [2.45, 2.75) is 31.8 Å². The molecule has 4 aromatic rings. The number of pyridine rings is 1. The van der Waals surface area contributed by atoms with Crippen LogP contribution >= 0.6 is 11.6 Å². The van der Waals surface area contributed by atoms with Gasteiger partial charge < -0.3 is 4.74 Å². The Morgan fingerprint density at radius 1 is 1.22 bits per heavy atom. The van der Waals surface area contributed by atoms with E-state index in [9.17, 15) is 14.4 Å². The number of hydrogen-bond donors (Lipinski definition) is 1. The number of nitrogens with zero attached hydrogens (tertiary/aromatic N) is 4. The summed E-state index contributed by atoms with van der Waals surface area (Å²) < 4.78 is 21.5. The Labute approximate surface area is 212 Å². The standard InChI is InChI=1S/C27H21ClFN5O2/c1-16(21-4-2-3-5-23(21)28)36-27(35)33-26-19(13-30)14-32-34(26)20-9-11-25(31-15-20)22-10-8-18(12-24(22)29)17-6-7-17/h2-5,8-12,14-17H,6-7H2,1H3,(H,33,35). The first kappa shape index (κ1) is 23.5. The van der Waals surface area contributed by atoms with E-state index in [2.05, 4.69) is 15.4 Å². The van der Waals surface area contributed by atoms with Crippen molar-refractivity contribution in [2.75, 3.05) is 5.32 Å². The second kappa shape index (κ2) is 9.80. The van der Waals surface area contributed by atoms with Crippen LogP contribution in [0.25, 0.3) is 16.9 Å². The maximum Gasteiger partial charge on any atom is 0.413 e. The molecule has 180 valence electrons. The van der Waals surface area contributed by atoms with Crippen LogP contribution in [-0.4, -0.2) is 20.9 Å². The molecule has 9 heteroatoms. The number of hydrogen-bond acceptors (Lipinski definition) is 5.